The average molecular weight is 378 g/mol. The molecule has 0 atom stereocenters. The monoisotopic (exact) mass is 378 g/mol. The molecule has 0 unspecified atom stereocenters. The Balaban J connectivity index is 2.05. The van der Waals surface area contributed by atoms with Gasteiger partial charge in [0.05, 0.1) is 20.3 Å². The molecule has 0 spiro atoms. The molecule has 3 aromatic rings. The fraction of sp³-hybridized carbons (Fsp3) is 0.188. The maximum atomic E-state index is 13.2. The summed E-state index contributed by atoms with van der Waals surface area (Å²) in [5.41, 5.74) is -0.787. The zero-order valence-electron chi connectivity index (χ0n) is 14.2. The van der Waals surface area contributed by atoms with Crippen molar-refractivity contribution in [2.24, 2.45) is 0 Å². The summed E-state index contributed by atoms with van der Waals surface area (Å²) in [5.74, 6) is 0.000740. The summed E-state index contributed by atoms with van der Waals surface area (Å²) in [6.07, 6.45) is -1.81. The number of aromatic nitrogens is 5. The number of halogens is 3. The third-order valence-electron chi connectivity index (χ3n) is 3.27. The van der Waals surface area contributed by atoms with Gasteiger partial charge in [-0.05, 0) is 12.1 Å². The molecule has 3 aromatic heterocycles. The van der Waals surface area contributed by atoms with Crippen molar-refractivity contribution in [2.45, 2.75) is 6.18 Å². The average Bonchev–Trinajstić information content (AvgIpc) is 2.67. The molecule has 3 rings (SSSR count). The summed E-state index contributed by atoms with van der Waals surface area (Å²) in [6.45, 7) is 0. The molecule has 27 heavy (non-hydrogen) atoms. The van der Waals surface area contributed by atoms with Gasteiger partial charge >= 0.3 is 6.18 Å². The highest BCUT2D eigenvalue weighted by atomic mass is 19.4. The molecule has 0 bridgehead atoms. The first kappa shape index (κ1) is 18.3. The van der Waals surface area contributed by atoms with E-state index in [-0.39, 0.29) is 29.4 Å². The number of methoxy groups -OCH3 is 2. The molecule has 0 radical (unpaired) electrons. The predicted molar refractivity (Wildman–Crippen MR) is 88.7 cm³/mol. The maximum Gasteiger partial charge on any atom is 0.433 e. The standard InChI is InChI=1S/C16H13F3N6O2/c1-26-12-7-13(27-2)25-15(24-12)23-11-6-10(16(17,18)19)21-14(22-11)9-4-3-5-20-8-9/h3-8H,1-2H3,(H,21,22,23,24,25). The van der Waals surface area contributed by atoms with Gasteiger partial charge in [0.1, 0.15) is 5.82 Å². The first-order valence-electron chi connectivity index (χ1n) is 7.50. The molecule has 0 aliphatic carbocycles. The van der Waals surface area contributed by atoms with Gasteiger partial charge in [0.25, 0.3) is 0 Å². The van der Waals surface area contributed by atoms with E-state index in [4.69, 9.17) is 9.47 Å². The molecule has 8 nitrogen and oxygen atoms in total. The Hall–Kier alpha value is -3.50. The number of rotatable bonds is 5. The zero-order valence-corrected chi connectivity index (χ0v) is 14.2. The van der Waals surface area contributed by atoms with E-state index < -0.39 is 11.9 Å². The number of alkyl halides is 3. The van der Waals surface area contributed by atoms with Crippen molar-refractivity contribution < 1.29 is 22.6 Å². The Kier molecular flexibility index (Phi) is 5.01. The second-order valence-corrected chi connectivity index (χ2v) is 5.10. The molecule has 3 heterocycles. The van der Waals surface area contributed by atoms with E-state index in [1.807, 2.05) is 0 Å². The third kappa shape index (κ3) is 4.37. The van der Waals surface area contributed by atoms with Crippen LogP contribution in [-0.2, 0) is 6.18 Å². The largest absolute Gasteiger partial charge is 0.481 e. The van der Waals surface area contributed by atoms with Crippen LogP contribution >= 0.6 is 0 Å². The molecule has 0 aromatic carbocycles. The summed E-state index contributed by atoms with van der Waals surface area (Å²) in [4.78, 5) is 19.6. The van der Waals surface area contributed by atoms with Gasteiger partial charge in [-0.2, -0.15) is 23.1 Å². The van der Waals surface area contributed by atoms with Crippen molar-refractivity contribution in [3.63, 3.8) is 0 Å². The lowest BCUT2D eigenvalue weighted by molar-refractivity contribution is -0.141. The van der Waals surface area contributed by atoms with Crippen LogP contribution in [0.25, 0.3) is 11.4 Å². The summed E-state index contributed by atoms with van der Waals surface area (Å²) >= 11 is 0. The van der Waals surface area contributed by atoms with Gasteiger partial charge < -0.3 is 14.8 Å². The normalized spacial score (nSPS) is 11.1. The number of nitrogens with zero attached hydrogens (tertiary/aromatic N) is 5. The molecule has 1 N–H and O–H groups in total. The van der Waals surface area contributed by atoms with Gasteiger partial charge in [0.2, 0.25) is 17.7 Å². The van der Waals surface area contributed by atoms with Crippen LogP contribution in [0.2, 0.25) is 0 Å². The van der Waals surface area contributed by atoms with Crippen LogP contribution in [0.3, 0.4) is 0 Å². The molecule has 0 amide bonds. The molecule has 0 saturated carbocycles. The lowest BCUT2D eigenvalue weighted by Crippen LogP contribution is -2.11. The van der Waals surface area contributed by atoms with E-state index in [0.29, 0.717) is 5.56 Å². The van der Waals surface area contributed by atoms with E-state index in [2.05, 4.69) is 30.2 Å². The SMILES string of the molecule is COc1cc(OC)nc(Nc2cc(C(F)(F)F)nc(-c3cccnc3)n2)n1. The summed E-state index contributed by atoms with van der Waals surface area (Å²) in [5, 5.41) is 2.62. The molecular weight excluding hydrogens is 365 g/mol. The number of ether oxygens (including phenoxy) is 2. The van der Waals surface area contributed by atoms with Crippen molar-refractivity contribution >= 4 is 11.8 Å². The predicted octanol–water partition coefficient (Wildman–Crippen LogP) is 3.11. The van der Waals surface area contributed by atoms with Crippen LogP contribution in [0.5, 0.6) is 11.8 Å². The molecule has 0 fully saturated rings. The van der Waals surface area contributed by atoms with Gasteiger partial charge in [-0.25, -0.2) is 9.97 Å². The Morgan fingerprint density at radius 3 is 2.22 bits per heavy atom. The van der Waals surface area contributed by atoms with Gasteiger partial charge in [-0.15, -0.1) is 0 Å². The van der Waals surface area contributed by atoms with Crippen LogP contribution in [0.15, 0.2) is 36.7 Å². The highest BCUT2D eigenvalue weighted by Crippen LogP contribution is 2.31. The minimum atomic E-state index is -4.66. The molecule has 11 heteroatoms. The molecule has 0 aliphatic heterocycles. The molecule has 0 saturated heterocycles. The maximum absolute atomic E-state index is 13.2. The Morgan fingerprint density at radius 2 is 1.67 bits per heavy atom. The highest BCUT2D eigenvalue weighted by Gasteiger charge is 2.34. The van der Waals surface area contributed by atoms with E-state index in [1.165, 1.54) is 32.7 Å². The second-order valence-electron chi connectivity index (χ2n) is 5.10. The zero-order chi connectivity index (χ0) is 19.4. The van der Waals surface area contributed by atoms with Crippen molar-refractivity contribution in [1.82, 2.24) is 24.9 Å². The topological polar surface area (TPSA) is 94.9 Å². The van der Waals surface area contributed by atoms with Gasteiger partial charge in [-0.3, -0.25) is 4.98 Å². The van der Waals surface area contributed by atoms with Gasteiger partial charge in [0.15, 0.2) is 11.5 Å². The van der Waals surface area contributed by atoms with Crippen LogP contribution in [-0.4, -0.2) is 39.1 Å². The Bertz CT molecular complexity index is 915. The smallest absolute Gasteiger partial charge is 0.433 e. The minimum absolute atomic E-state index is 0.0461. The van der Waals surface area contributed by atoms with Crippen LogP contribution in [0, 0.1) is 0 Å². The van der Waals surface area contributed by atoms with E-state index in [9.17, 15) is 13.2 Å². The lowest BCUT2D eigenvalue weighted by atomic mass is 10.2. The number of hydrogen-bond donors (Lipinski definition) is 1. The first-order chi connectivity index (χ1) is 12.9. The van der Waals surface area contributed by atoms with E-state index in [1.54, 1.807) is 12.1 Å². The van der Waals surface area contributed by atoms with Crippen molar-refractivity contribution in [1.29, 1.82) is 0 Å². The number of anilines is 2. The minimum Gasteiger partial charge on any atom is -0.481 e. The van der Waals surface area contributed by atoms with Crippen molar-refractivity contribution in [3.8, 4) is 23.1 Å². The molecular formula is C16H13F3N6O2. The first-order valence-corrected chi connectivity index (χ1v) is 7.50. The van der Waals surface area contributed by atoms with Crippen LogP contribution in [0.1, 0.15) is 5.69 Å². The highest BCUT2D eigenvalue weighted by molar-refractivity contribution is 5.59. The van der Waals surface area contributed by atoms with Crippen molar-refractivity contribution in [2.75, 3.05) is 19.5 Å². The fourth-order valence-corrected chi connectivity index (χ4v) is 2.06. The van der Waals surface area contributed by atoms with Crippen LogP contribution < -0.4 is 14.8 Å². The lowest BCUT2D eigenvalue weighted by Gasteiger charge is -2.12. The number of pyridine rings is 1. The Morgan fingerprint density at radius 1 is 0.963 bits per heavy atom. The molecule has 0 aliphatic rings. The van der Waals surface area contributed by atoms with Gasteiger partial charge in [-0.1, -0.05) is 0 Å². The fourth-order valence-electron chi connectivity index (χ4n) is 2.06. The van der Waals surface area contributed by atoms with Gasteiger partial charge in [0, 0.05) is 24.0 Å². The summed E-state index contributed by atoms with van der Waals surface area (Å²) < 4.78 is 49.7. The summed E-state index contributed by atoms with van der Waals surface area (Å²) in [6, 6.07) is 5.31. The van der Waals surface area contributed by atoms with Crippen LogP contribution in [0.4, 0.5) is 24.9 Å². The number of nitrogens with one attached hydrogen (secondary N) is 1. The summed E-state index contributed by atoms with van der Waals surface area (Å²) in [7, 11) is 2.77. The van der Waals surface area contributed by atoms with E-state index >= 15 is 0 Å². The second kappa shape index (κ2) is 7.40. The number of hydrogen-bond acceptors (Lipinski definition) is 8. The Labute approximate surface area is 151 Å². The third-order valence-corrected chi connectivity index (χ3v) is 3.27. The van der Waals surface area contributed by atoms with Crippen molar-refractivity contribution in [3.05, 3.63) is 42.4 Å². The molecule has 140 valence electrons. The quantitative estimate of drug-likeness (QED) is 0.724. The van der Waals surface area contributed by atoms with E-state index in [0.717, 1.165) is 6.07 Å².